The Hall–Kier alpha value is -4.65. The van der Waals surface area contributed by atoms with E-state index in [1.54, 1.807) is 35.3 Å². The second-order valence-electron chi connectivity index (χ2n) is 9.42. The van der Waals surface area contributed by atoms with Crippen LogP contribution in [0.25, 0.3) is 28.1 Å². The largest absolute Gasteiger partial charge is 0.479 e. The highest BCUT2D eigenvalue weighted by Crippen LogP contribution is 2.27. The maximum atomic E-state index is 14.8. The number of fused-ring (bicyclic) bond motifs is 3. The van der Waals surface area contributed by atoms with Crippen LogP contribution in [-0.4, -0.2) is 79.0 Å². The maximum absolute atomic E-state index is 14.8. The number of benzene rings is 1. The molecule has 3 N–H and O–H groups in total. The van der Waals surface area contributed by atoms with Gasteiger partial charge in [-0.1, -0.05) is 0 Å². The number of hydrogen-bond acceptors (Lipinski definition) is 9. The lowest BCUT2D eigenvalue weighted by Gasteiger charge is -2.36. The topological polar surface area (TPSA) is 140 Å². The summed E-state index contributed by atoms with van der Waals surface area (Å²) in [6.45, 7) is 5.67. The van der Waals surface area contributed by atoms with Crippen molar-refractivity contribution in [2.24, 2.45) is 0 Å². The fourth-order valence-corrected chi connectivity index (χ4v) is 4.80. The normalized spacial score (nSPS) is 15.3. The van der Waals surface area contributed by atoms with Gasteiger partial charge in [0.15, 0.2) is 17.5 Å². The number of piperazine rings is 1. The highest BCUT2D eigenvalue weighted by molar-refractivity contribution is 5.90. The first-order chi connectivity index (χ1) is 18.9. The zero-order valence-electron chi connectivity index (χ0n) is 21.2. The predicted molar refractivity (Wildman–Crippen MR) is 141 cm³/mol. The number of furan rings is 1. The summed E-state index contributed by atoms with van der Waals surface area (Å²) in [6.07, 6.45) is 2.30. The fourth-order valence-electron chi connectivity index (χ4n) is 4.80. The summed E-state index contributed by atoms with van der Waals surface area (Å²) in [5, 5.41) is 13.5. The number of aliphatic carboxylic acids is 1. The van der Waals surface area contributed by atoms with Crippen LogP contribution in [0.4, 0.5) is 16.0 Å². The summed E-state index contributed by atoms with van der Waals surface area (Å²) >= 11 is 0. The monoisotopic (exact) mass is 534 g/mol. The van der Waals surface area contributed by atoms with Gasteiger partial charge < -0.3 is 29.5 Å². The molecule has 0 saturated carbocycles. The fraction of sp³-hybridized carbons (Fsp3) is 0.308. The first-order valence-corrected chi connectivity index (χ1v) is 12.6. The van der Waals surface area contributed by atoms with Gasteiger partial charge in [0.2, 0.25) is 5.95 Å². The van der Waals surface area contributed by atoms with Gasteiger partial charge in [-0.05, 0) is 37.3 Å². The van der Waals surface area contributed by atoms with Crippen molar-refractivity contribution in [2.75, 3.05) is 43.4 Å². The van der Waals surface area contributed by atoms with Crippen LogP contribution in [0.3, 0.4) is 0 Å². The smallest absolute Gasteiger partial charge is 0.344 e. The number of ether oxygens (including phenoxy) is 1. The molecule has 39 heavy (non-hydrogen) atoms. The number of halogens is 1. The number of rotatable bonds is 8. The molecule has 0 unspecified atom stereocenters. The lowest BCUT2D eigenvalue weighted by molar-refractivity contribution is -0.144. The molecule has 12 nitrogen and oxygen atoms in total. The highest BCUT2D eigenvalue weighted by atomic mass is 19.1. The van der Waals surface area contributed by atoms with Gasteiger partial charge in [0.25, 0.3) is 0 Å². The number of nitrogen functional groups attached to an aromatic ring is 1. The minimum Gasteiger partial charge on any atom is -0.479 e. The van der Waals surface area contributed by atoms with Gasteiger partial charge in [-0.15, -0.1) is 0 Å². The van der Waals surface area contributed by atoms with Crippen molar-refractivity contribution in [3.05, 3.63) is 54.8 Å². The van der Waals surface area contributed by atoms with Gasteiger partial charge in [-0.25, -0.2) is 14.2 Å². The summed E-state index contributed by atoms with van der Waals surface area (Å²) in [5.74, 6) is -0.443. The molecule has 1 aliphatic heterocycles. The van der Waals surface area contributed by atoms with Crippen molar-refractivity contribution in [3.63, 3.8) is 0 Å². The zero-order chi connectivity index (χ0) is 27.1. The van der Waals surface area contributed by atoms with Crippen molar-refractivity contribution < 1.29 is 23.4 Å². The van der Waals surface area contributed by atoms with E-state index in [0.717, 1.165) is 25.2 Å². The summed E-state index contributed by atoms with van der Waals surface area (Å²) in [6, 6.07) is 10.00. The molecule has 202 valence electrons. The van der Waals surface area contributed by atoms with Crippen molar-refractivity contribution in [1.29, 1.82) is 0 Å². The van der Waals surface area contributed by atoms with Crippen LogP contribution < -0.4 is 15.4 Å². The molecule has 0 bridgehead atoms. The Labute approximate surface area is 222 Å². The lowest BCUT2D eigenvalue weighted by Crippen LogP contribution is -2.47. The van der Waals surface area contributed by atoms with E-state index in [4.69, 9.17) is 20.0 Å². The van der Waals surface area contributed by atoms with Crippen LogP contribution in [-0.2, 0) is 11.3 Å². The number of carboxylic acid groups (broad SMARTS) is 1. The van der Waals surface area contributed by atoms with Crippen LogP contribution in [0.15, 0.2) is 53.4 Å². The average molecular weight is 535 g/mol. The van der Waals surface area contributed by atoms with Crippen LogP contribution >= 0.6 is 0 Å². The molecular weight excluding hydrogens is 507 g/mol. The van der Waals surface area contributed by atoms with E-state index in [9.17, 15) is 9.18 Å². The summed E-state index contributed by atoms with van der Waals surface area (Å²) in [4.78, 5) is 24.4. The molecule has 1 aromatic carbocycles. The number of carboxylic acids is 1. The average Bonchev–Trinajstić information content (AvgIpc) is 3.68. The van der Waals surface area contributed by atoms with E-state index in [1.807, 2.05) is 21.6 Å². The SMILES string of the molecule is C[C@H](Oc1ccc(N2CCN(CCn3cnc4c3nc(N)n3nc(-c5ccco5)cc43)CC2)c(F)c1)C(=O)O. The van der Waals surface area contributed by atoms with Gasteiger partial charge in [0.1, 0.15) is 28.3 Å². The van der Waals surface area contributed by atoms with Crippen molar-refractivity contribution in [3.8, 4) is 17.2 Å². The highest BCUT2D eigenvalue weighted by Gasteiger charge is 2.22. The first kappa shape index (κ1) is 24.7. The molecule has 6 rings (SSSR count). The Morgan fingerprint density at radius 1 is 1.21 bits per heavy atom. The molecule has 1 atom stereocenters. The molecular formula is C26H27FN8O4. The molecule has 5 aromatic rings. The van der Waals surface area contributed by atoms with Crippen LogP contribution in [0.2, 0.25) is 0 Å². The van der Waals surface area contributed by atoms with E-state index < -0.39 is 17.9 Å². The molecule has 1 fully saturated rings. The van der Waals surface area contributed by atoms with Crippen molar-refractivity contribution in [1.82, 2.24) is 29.0 Å². The molecule has 0 spiro atoms. The third-order valence-corrected chi connectivity index (χ3v) is 6.92. The standard InChI is InChI=1S/C26H27FN8O4/c1-16(25(36)37)39-17-4-5-20(18(27)13-17)33-9-6-32(7-10-33)8-11-34-15-29-23-21-14-19(22-3-2-12-38-22)31-35(21)26(28)30-24(23)34/h2-5,12-16H,6-11H2,1H3,(H2,28,30)(H,36,37)/t16-/m0/s1. The summed E-state index contributed by atoms with van der Waals surface area (Å²) < 4.78 is 29.1. The second kappa shape index (κ2) is 9.91. The number of anilines is 2. The molecule has 1 saturated heterocycles. The molecule has 0 radical (unpaired) electrons. The maximum Gasteiger partial charge on any atom is 0.344 e. The van der Waals surface area contributed by atoms with Gasteiger partial charge in [0.05, 0.1) is 18.3 Å². The Kier molecular flexibility index (Phi) is 6.27. The summed E-state index contributed by atoms with van der Waals surface area (Å²) in [7, 11) is 0. The number of nitrogens with zero attached hydrogens (tertiary/aromatic N) is 7. The Morgan fingerprint density at radius 2 is 2.03 bits per heavy atom. The molecule has 0 aliphatic carbocycles. The third-order valence-electron chi connectivity index (χ3n) is 6.92. The minimum absolute atomic E-state index is 0.192. The number of aromatic nitrogens is 5. The van der Waals surface area contributed by atoms with E-state index in [2.05, 4.69) is 20.0 Å². The molecule has 5 heterocycles. The molecule has 13 heteroatoms. The van der Waals surface area contributed by atoms with E-state index in [0.29, 0.717) is 47.9 Å². The van der Waals surface area contributed by atoms with E-state index >= 15 is 0 Å². The molecule has 0 amide bonds. The Balaban J connectivity index is 1.10. The molecule has 4 aromatic heterocycles. The van der Waals surface area contributed by atoms with Crippen molar-refractivity contribution >= 4 is 34.3 Å². The van der Waals surface area contributed by atoms with Gasteiger partial charge in [-0.3, -0.25) is 4.90 Å². The predicted octanol–water partition coefficient (Wildman–Crippen LogP) is 2.73. The first-order valence-electron chi connectivity index (χ1n) is 12.6. The van der Waals surface area contributed by atoms with Crippen LogP contribution in [0, 0.1) is 5.82 Å². The van der Waals surface area contributed by atoms with Crippen molar-refractivity contribution in [2.45, 2.75) is 19.6 Å². The Bertz CT molecular complexity index is 1640. The minimum atomic E-state index is -1.10. The van der Waals surface area contributed by atoms with Gasteiger partial charge >= 0.3 is 5.97 Å². The zero-order valence-corrected chi connectivity index (χ0v) is 21.2. The van der Waals surface area contributed by atoms with Gasteiger partial charge in [0, 0.05) is 45.3 Å². The molecule has 1 aliphatic rings. The lowest BCUT2D eigenvalue weighted by atomic mass is 10.2. The Morgan fingerprint density at radius 3 is 2.74 bits per heavy atom. The van der Waals surface area contributed by atoms with E-state index in [1.165, 1.54) is 13.0 Å². The number of imidazole rings is 1. The summed E-state index contributed by atoms with van der Waals surface area (Å²) in [5.41, 5.74) is 9.50. The van der Waals surface area contributed by atoms with Crippen LogP contribution in [0.5, 0.6) is 5.75 Å². The quantitative estimate of drug-likeness (QED) is 0.305. The number of carbonyl (C=O) groups is 1. The number of nitrogens with two attached hydrogens (primary N) is 1. The third kappa shape index (κ3) is 4.72. The van der Waals surface area contributed by atoms with E-state index in [-0.39, 0.29) is 11.7 Å². The number of hydrogen-bond donors (Lipinski definition) is 2. The van der Waals surface area contributed by atoms with Gasteiger partial charge in [-0.2, -0.15) is 14.6 Å². The second-order valence-corrected chi connectivity index (χ2v) is 9.42. The van der Waals surface area contributed by atoms with Crippen LogP contribution in [0.1, 0.15) is 6.92 Å².